The fourth-order valence-corrected chi connectivity index (χ4v) is 2.55. The van der Waals surface area contributed by atoms with Gasteiger partial charge in [0.2, 0.25) is 0 Å². The predicted octanol–water partition coefficient (Wildman–Crippen LogP) is 2.80. The maximum absolute atomic E-state index is 6.01. The highest BCUT2D eigenvalue weighted by Gasteiger charge is 2.20. The summed E-state index contributed by atoms with van der Waals surface area (Å²) in [5, 5.41) is 1.03. The molecule has 0 saturated carbocycles. The van der Waals surface area contributed by atoms with Crippen LogP contribution in [0.3, 0.4) is 0 Å². The first-order valence-corrected chi connectivity index (χ1v) is 6.35. The summed E-state index contributed by atoms with van der Waals surface area (Å²) in [5.41, 5.74) is 7.23. The molecule has 0 bridgehead atoms. The third kappa shape index (κ3) is 3.05. The highest BCUT2D eigenvalue weighted by Crippen LogP contribution is 2.29. The molecule has 2 N–H and O–H groups in total. The highest BCUT2D eigenvalue weighted by molar-refractivity contribution is 6.38. The molecule has 2 rings (SSSR count). The van der Waals surface area contributed by atoms with Gasteiger partial charge in [0.25, 0.3) is 0 Å². The Morgan fingerprint density at radius 1 is 1.41 bits per heavy atom. The van der Waals surface area contributed by atoms with Crippen molar-refractivity contribution in [3.05, 3.63) is 27.7 Å². The molecule has 1 aromatic rings. The number of nitrogens with zero attached hydrogens (tertiary/aromatic N) is 1. The molecule has 1 atom stereocenters. The Hall–Kier alpha value is -0.480. The van der Waals surface area contributed by atoms with E-state index in [1.807, 2.05) is 12.1 Å². The number of benzene rings is 1. The molecule has 3 nitrogen and oxygen atoms in total. The fraction of sp³-hybridized carbons (Fsp3) is 0.500. The summed E-state index contributed by atoms with van der Waals surface area (Å²) in [6.45, 7) is 2.44. The zero-order valence-corrected chi connectivity index (χ0v) is 11.3. The smallest absolute Gasteiger partial charge is 0.0693 e. The average molecular weight is 275 g/mol. The van der Waals surface area contributed by atoms with Crippen LogP contribution in [0.1, 0.15) is 12.0 Å². The van der Waals surface area contributed by atoms with Gasteiger partial charge in [-0.2, -0.15) is 0 Å². The van der Waals surface area contributed by atoms with Crippen molar-refractivity contribution in [1.82, 2.24) is 4.90 Å². The summed E-state index contributed by atoms with van der Waals surface area (Å²) < 4.78 is 5.37. The van der Waals surface area contributed by atoms with Gasteiger partial charge < -0.3 is 10.5 Å². The van der Waals surface area contributed by atoms with E-state index in [0.29, 0.717) is 21.8 Å². The van der Waals surface area contributed by atoms with Gasteiger partial charge in [-0.25, -0.2) is 0 Å². The van der Waals surface area contributed by atoms with Crippen molar-refractivity contribution in [2.24, 2.45) is 0 Å². The Kier molecular flexibility index (Phi) is 4.15. The maximum Gasteiger partial charge on any atom is 0.0693 e. The second kappa shape index (κ2) is 5.44. The van der Waals surface area contributed by atoms with Gasteiger partial charge >= 0.3 is 0 Å². The Balaban J connectivity index is 2.07. The first-order valence-electron chi connectivity index (χ1n) is 5.59. The maximum atomic E-state index is 6.01. The van der Waals surface area contributed by atoms with Crippen LogP contribution in [0.4, 0.5) is 5.69 Å². The molecule has 0 spiro atoms. The lowest BCUT2D eigenvalue weighted by Gasteiger charge is -2.23. The quantitative estimate of drug-likeness (QED) is 0.862. The lowest BCUT2D eigenvalue weighted by Crippen LogP contribution is -2.31. The fourth-order valence-electron chi connectivity index (χ4n) is 2.01. The van der Waals surface area contributed by atoms with Gasteiger partial charge in [0.15, 0.2) is 0 Å². The molecular formula is C12H16Cl2N2O. The van der Waals surface area contributed by atoms with Crippen molar-refractivity contribution >= 4 is 28.9 Å². The van der Waals surface area contributed by atoms with Crippen LogP contribution in [0.5, 0.6) is 0 Å². The van der Waals surface area contributed by atoms with Crippen LogP contribution in [0.2, 0.25) is 10.0 Å². The second-order valence-electron chi connectivity index (χ2n) is 4.41. The molecule has 5 heteroatoms. The first kappa shape index (κ1) is 13.0. The Bertz CT molecular complexity index is 382. The zero-order chi connectivity index (χ0) is 12.4. The van der Waals surface area contributed by atoms with E-state index in [9.17, 15) is 0 Å². The summed E-state index contributed by atoms with van der Waals surface area (Å²) in [6, 6.07) is 4.22. The van der Waals surface area contributed by atoms with E-state index >= 15 is 0 Å². The number of nitrogens with two attached hydrogens (primary N) is 1. The molecule has 94 valence electrons. The Morgan fingerprint density at radius 2 is 2.06 bits per heavy atom. The van der Waals surface area contributed by atoms with Gasteiger partial charge in [0, 0.05) is 19.2 Å². The largest absolute Gasteiger partial charge is 0.396 e. The van der Waals surface area contributed by atoms with Gasteiger partial charge in [0.1, 0.15) is 0 Å². The van der Waals surface area contributed by atoms with Crippen LogP contribution >= 0.6 is 23.2 Å². The van der Waals surface area contributed by atoms with Crippen molar-refractivity contribution in [2.45, 2.75) is 19.0 Å². The highest BCUT2D eigenvalue weighted by atomic mass is 35.5. The lowest BCUT2D eigenvalue weighted by atomic mass is 10.1. The van der Waals surface area contributed by atoms with E-state index in [2.05, 4.69) is 11.9 Å². The molecule has 0 aliphatic carbocycles. The van der Waals surface area contributed by atoms with Crippen LogP contribution in [0, 0.1) is 0 Å². The second-order valence-corrected chi connectivity index (χ2v) is 5.22. The molecule has 1 saturated heterocycles. The van der Waals surface area contributed by atoms with E-state index in [1.54, 1.807) is 0 Å². The number of hydrogen-bond donors (Lipinski definition) is 1. The van der Waals surface area contributed by atoms with Crippen LogP contribution in [0.25, 0.3) is 0 Å². The number of hydrogen-bond acceptors (Lipinski definition) is 3. The summed E-state index contributed by atoms with van der Waals surface area (Å²) >= 11 is 12.0. The molecule has 0 amide bonds. The first-order chi connectivity index (χ1) is 8.08. The summed E-state index contributed by atoms with van der Waals surface area (Å²) in [7, 11) is 2.08. The summed E-state index contributed by atoms with van der Waals surface area (Å²) in [4.78, 5) is 2.26. The average Bonchev–Trinajstić information content (AvgIpc) is 2.79. The predicted molar refractivity (Wildman–Crippen MR) is 71.6 cm³/mol. The number of halogens is 2. The van der Waals surface area contributed by atoms with Gasteiger partial charge in [0.05, 0.1) is 22.3 Å². The molecule has 1 aliphatic heterocycles. The van der Waals surface area contributed by atoms with Gasteiger partial charge in [-0.05, 0) is 31.2 Å². The minimum atomic E-state index is 0.448. The van der Waals surface area contributed by atoms with Crippen LogP contribution in [-0.4, -0.2) is 31.2 Å². The minimum Gasteiger partial charge on any atom is -0.396 e. The van der Waals surface area contributed by atoms with Crippen LogP contribution < -0.4 is 5.73 Å². The van der Waals surface area contributed by atoms with E-state index in [4.69, 9.17) is 33.7 Å². The number of anilines is 1. The van der Waals surface area contributed by atoms with E-state index < -0.39 is 0 Å². The number of rotatable bonds is 3. The van der Waals surface area contributed by atoms with Crippen LogP contribution in [0.15, 0.2) is 12.1 Å². The van der Waals surface area contributed by atoms with Gasteiger partial charge in [-0.3, -0.25) is 4.90 Å². The standard InChI is InChI=1S/C12H16Cl2N2O/c1-16(9-2-3-17-7-9)6-8-4-10(13)12(15)11(14)5-8/h4-5,9H,2-3,6-7,15H2,1H3. The van der Waals surface area contributed by atoms with Crippen molar-refractivity contribution < 1.29 is 4.74 Å². The SMILES string of the molecule is CN(Cc1cc(Cl)c(N)c(Cl)c1)C1CCOC1. The van der Waals surface area contributed by atoms with Crippen molar-refractivity contribution in [3.63, 3.8) is 0 Å². The van der Waals surface area contributed by atoms with Crippen molar-refractivity contribution in [2.75, 3.05) is 26.0 Å². The molecule has 17 heavy (non-hydrogen) atoms. The van der Waals surface area contributed by atoms with E-state index in [1.165, 1.54) is 0 Å². The molecule has 1 fully saturated rings. The molecule has 1 aliphatic rings. The summed E-state index contributed by atoms with van der Waals surface area (Å²) in [6.07, 6.45) is 1.08. The number of nitrogen functional groups attached to an aromatic ring is 1. The third-order valence-electron chi connectivity index (χ3n) is 3.10. The number of likely N-dealkylation sites (N-methyl/N-ethyl adjacent to an activating group) is 1. The molecule has 0 radical (unpaired) electrons. The molecule has 1 unspecified atom stereocenters. The van der Waals surface area contributed by atoms with Gasteiger partial charge in [-0.1, -0.05) is 23.2 Å². The van der Waals surface area contributed by atoms with Crippen molar-refractivity contribution in [3.8, 4) is 0 Å². The Morgan fingerprint density at radius 3 is 2.59 bits per heavy atom. The van der Waals surface area contributed by atoms with E-state index in [-0.39, 0.29) is 0 Å². The minimum absolute atomic E-state index is 0.448. The lowest BCUT2D eigenvalue weighted by molar-refractivity contribution is 0.156. The molecule has 1 heterocycles. The number of ether oxygens (including phenoxy) is 1. The third-order valence-corrected chi connectivity index (χ3v) is 3.73. The van der Waals surface area contributed by atoms with E-state index in [0.717, 1.165) is 31.7 Å². The van der Waals surface area contributed by atoms with Crippen LogP contribution in [-0.2, 0) is 11.3 Å². The molecule has 1 aromatic carbocycles. The normalized spacial score (nSPS) is 20.1. The topological polar surface area (TPSA) is 38.5 Å². The monoisotopic (exact) mass is 274 g/mol. The van der Waals surface area contributed by atoms with Crippen molar-refractivity contribution in [1.29, 1.82) is 0 Å². The molecule has 0 aromatic heterocycles. The molecular weight excluding hydrogens is 259 g/mol. The zero-order valence-electron chi connectivity index (χ0n) is 9.75. The van der Waals surface area contributed by atoms with Gasteiger partial charge in [-0.15, -0.1) is 0 Å². The Labute approximate surface area is 111 Å². The summed E-state index contributed by atoms with van der Waals surface area (Å²) in [5.74, 6) is 0.